The van der Waals surface area contributed by atoms with E-state index in [1.165, 1.54) is 24.0 Å². The fraction of sp³-hybridized carbons (Fsp3) is 0.357. The molecule has 0 aromatic heterocycles. The van der Waals surface area contributed by atoms with Crippen LogP contribution in [-0.2, 0) is 0 Å². The van der Waals surface area contributed by atoms with E-state index in [-0.39, 0.29) is 0 Å². The second kappa shape index (κ2) is 4.30. The van der Waals surface area contributed by atoms with Gasteiger partial charge in [0.15, 0.2) is 0 Å². The van der Waals surface area contributed by atoms with E-state index < -0.39 is 0 Å². The standard InChI is InChI=1S/C14H16/c1-2-3-9-14(13-10-11-13)12-7-5-4-6-8-12/h3-8,13H,2,10-11H2,1H3. The highest BCUT2D eigenvalue weighted by atomic mass is 14.3. The Hall–Kier alpha value is -1.26. The van der Waals surface area contributed by atoms with Crippen molar-refractivity contribution in [3.8, 4) is 0 Å². The molecule has 0 heteroatoms. The maximum absolute atomic E-state index is 3.44. The minimum absolute atomic E-state index is 0.778. The summed E-state index contributed by atoms with van der Waals surface area (Å²) in [5, 5.41) is 0. The second-order valence-electron chi connectivity index (χ2n) is 3.81. The van der Waals surface area contributed by atoms with Crippen molar-refractivity contribution in [2.24, 2.45) is 5.92 Å². The van der Waals surface area contributed by atoms with E-state index in [1.54, 1.807) is 0 Å². The molecule has 1 aliphatic rings. The summed E-state index contributed by atoms with van der Waals surface area (Å²) in [7, 11) is 0. The first-order valence-corrected chi connectivity index (χ1v) is 5.42. The Labute approximate surface area is 86.0 Å². The maximum Gasteiger partial charge on any atom is 0.00396 e. The molecule has 0 nitrogen and oxygen atoms in total. The van der Waals surface area contributed by atoms with Gasteiger partial charge in [0, 0.05) is 5.57 Å². The number of hydrogen-bond acceptors (Lipinski definition) is 0. The van der Waals surface area contributed by atoms with E-state index in [2.05, 4.69) is 49.1 Å². The molecule has 0 radical (unpaired) electrons. The molecule has 14 heavy (non-hydrogen) atoms. The first-order valence-electron chi connectivity index (χ1n) is 5.42. The van der Waals surface area contributed by atoms with Crippen LogP contribution >= 0.6 is 0 Å². The highest BCUT2D eigenvalue weighted by Crippen LogP contribution is 2.41. The van der Waals surface area contributed by atoms with Crippen LogP contribution in [0.1, 0.15) is 31.7 Å². The van der Waals surface area contributed by atoms with Crippen molar-refractivity contribution >= 4 is 5.57 Å². The van der Waals surface area contributed by atoms with Crippen molar-refractivity contribution in [1.29, 1.82) is 0 Å². The molecular formula is C14H16. The number of rotatable bonds is 3. The first kappa shape index (κ1) is 9.30. The zero-order valence-electron chi connectivity index (χ0n) is 8.66. The molecule has 1 aliphatic carbocycles. The van der Waals surface area contributed by atoms with Gasteiger partial charge < -0.3 is 0 Å². The average Bonchev–Trinajstić information content (AvgIpc) is 3.04. The molecule has 1 aromatic rings. The van der Waals surface area contributed by atoms with Crippen LogP contribution in [0.15, 0.2) is 42.1 Å². The van der Waals surface area contributed by atoms with Crippen molar-refractivity contribution in [3.05, 3.63) is 47.7 Å². The third-order valence-electron chi connectivity index (χ3n) is 2.53. The molecule has 0 saturated heterocycles. The predicted molar refractivity (Wildman–Crippen MR) is 60.9 cm³/mol. The Morgan fingerprint density at radius 1 is 1.36 bits per heavy atom. The van der Waals surface area contributed by atoms with Gasteiger partial charge in [0.2, 0.25) is 0 Å². The summed E-state index contributed by atoms with van der Waals surface area (Å²) in [4.78, 5) is 0. The highest BCUT2D eigenvalue weighted by Gasteiger charge is 2.26. The molecule has 0 unspecified atom stereocenters. The molecule has 0 amide bonds. The fourth-order valence-corrected chi connectivity index (χ4v) is 1.64. The van der Waals surface area contributed by atoms with Gasteiger partial charge in [-0.1, -0.05) is 37.3 Å². The monoisotopic (exact) mass is 184 g/mol. The fourth-order valence-electron chi connectivity index (χ4n) is 1.64. The lowest BCUT2D eigenvalue weighted by Crippen LogP contribution is -1.83. The summed E-state index contributed by atoms with van der Waals surface area (Å²) in [6, 6.07) is 10.6. The maximum atomic E-state index is 3.44. The van der Waals surface area contributed by atoms with E-state index in [0.29, 0.717) is 0 Å². The van der Waals surface area contributed by atoms with E-state index in [9.17, 15) is 0 Å². The van der Waals surface area contributed by atoms with Gasteiger partial charge >= 0.3 is 0 Å². The van der Waals surface area contributed by atoms with Crippen LogP contribution in [0.3, 0.4) is 0 Å². The van der Waals surface area contributed by atoms with Gasteiger partial charge in [-0.3, -0.25) is 0 Å². The van der Waals surface area contributed by atoms with Gasteiger partial charge in [-0.2, -0.15) is 0 Å². The Morgan fingerprint density at radius 2 is 2.07 bits per heavy atom. The summed E-state index contributed by atoms with van der Waals surface area (Å²) in [5.74, 6) is 0.778. The van der Waals surface area contributed by atoms with Crippen LogP contribution < -0.4 is 0 Å². The zero-order valence-corrected chi connectivity index (χ0v) is 8.66. The SMILES string of the molecule is CCC=C=C(c1ccccc1)C1CC1. The molecule has 0 heterocycles. The van der Waals surface area contributed by atoms with Crippen molar-refractivity contribution in [3.63, 3.8) is 0 Å². The molecule has 1 fully saturated rings. The van der Waals surface area contributed by atoms with E-state index in [0.717, 1.165) is 12.3 Å². The minimum atomic E-state index is 0.778. The van der Waals surface area contributed by atoms with Gasteiger partial charge in [-0.15, -0.1) is 5.73 Å². The van der Waals surface area contributed by atoms with E-state index in [1.807, 2.05) is 0 Å². The number of allylic oxidation sites excluding steroid dienone is 1. The number of hydrogen-bond donors (Lipinski definition) is 0. The van der Waals surface area contributed by atoms with Gasteiger partial charge in [0.1, 0.15) is 0 Å². The molecule has 0 N–H and O–H groups in total. The number of benzene rings is 1. The van der Waals surface area contributed by atoms with Crippen LogP contribution in [0.5, 0.6) is 0 Å². The van der Waals surface area contributed by atoms with E-state index in [4.69, 9.17) is 0 Å². The van der Waals surface area contributed by atoms with Crippen molar-refractivity contribution < 1.29 is 0 Å². The molecule has 1 saturated carbocycles. The lowest BCUT2D eigenvalue weighted by Gasteiger charge is -2.01. The zero-order chi connectivity index (χ0) is 9.80. The van der Waals surface area contributed by atoms with Crippen LogP contribution in [0.2, 0.25) is 0 Å². The van der Waals surface area contributed by atoms with Crippen molar-refractivity contribution in [2.45, 2.75) is 26.2 Å². The summed E-state index contributed by atoms with van der Waals surface area (Å²) in [6.07, 6.45) is 5.90. The van der Waals surface area contributed by atoms with Gasteiger partial charge in [-0.25, -0.2) is 0 Å². The molecule has 72 valence electrons. The highest BCUT2D eigenvalue weighted by molar-refractivity contribution is 5.68. The summed E-state index contributed by atoms with van der Waals surface area (Å²) in [6.45, 7) is 2.16. The molecule has 0 atom stereocenters. The Balaban J connectivity index is 2.32. The molecule has 2 rings (SSSR count). The Bertz CT molecular complexity index is 349. The molecule has 1 aromatic carbocycles. The third-order valence-corrected chi connectivity index (χ3v) is 2.53. The van der Waals surface area contributed by atoms with Crippen LogP contribution in [0.25, 0.3) is 5.57 Å². The predicted octanol–water partition coefficient (Wildman–Crippen LogP) is 4.05. The van der Waals surface area contributed by atoms with Gasteiger partial charge in [-0.05, 0) is 36.8 Å². The molecule has 0 spiro atoms. The molecule has 0 bridgehead atoms. The summed E-state index contributed by atoms with van der Waals surface area (Å²) >= 11 is 0. The van der Waals surface area contributed by atoms with Gasteiger partial charge in [0.05, 0.1) is 0 Å². The summed E-state index contributed by atoms with van der Waals surface area (Å²) < 4.78 is 0. The Morgan fingerprint density at radius 3 is 2.64 bits per heavy atom. The smallest absolute Gasteiger partial charge is 0.00396 e. The largest absolute Gasteiger partial charge is 0.121 e. The third kappa shape index (κ3) is 2.16. The Kier molecular flexibility index (Phi) is 2.86. The van der Waals surface area contributed by atoms with Crippen LogP contribution in [-0.4, -0.2) is 0 Å². The van der Waals surface area contributed by atoms with Crippen molar-refractivity contribution in [1.82, 2.24) is 0 Å². The topological polar surface area (TPSA) is 0 Å². The lowest BCUT2D eigenvalue weighted by atomic mass is 10.0. The van der Waals surface area contributed by atoms with E-state index >= 15 is 0 Å². The summed E-state index contributed by atoms with van der Waals surface area (Å²) in [5.41, 5.74) is 6.20. The normalized spacial score (nSPS) is 14.6. The van der Waals surface area contributed by atoms with Crippen LogP contribution in [0, 0.1) is 5.92 Å². The van der Waals surface area contributed by atoms with Crippen molar-refractivity contribution in [2.75, 3.05) is 0 Å². The van der Waals surface area contributed by atoms with Crippen LogP contribution in [0.4, 0.5) is 0 Å². The average molecular weight is 184 g/mol. The molecule has 0 aliphatic heterocycles. The lowest BCUT2D eigenvalue weighted by molar-refractivity contribution is 1.14. The van der Waals surface area contributed by atoms with Gasteiger partial charge in [0.25, 0.3) is 0 Å². The second-order valence-corrected chi connectivity index (χ2v) is 3.81. The minimum Gasteiger partial charge on any atom is -0.121 e. The quantitative estimate of drug-likeness (QED) is 0.622. The first-order chi connectivity index (χ1) is 6.92. The molecular weight excluding hydrogens is 168 g/mol.